The standard InChI is InChI=1S/C12H15N3O2S2/c1-8(2)19(16,17)15-12-14-11(7-18-12)9-4-3-5-10(13)6-9/h3-8H,13H2,1-2H3,(H,14,15). The fourth-order valence-electron chi connectivity index (χ4n) is 1.39. The van der Waals surface area contributed by atoms with E-state index in [2.05, 4.69) is 9.71 Å². The molecule has 0 aliphatic rings. The lowest BCUT2D eigenvalue weighted by Crippen LogP contribution is -2.22. The number of nitrogens with two attached hydrogens (primary N) is 1. The zero-order chi connectivity index (χ0) is 14.0. The molecule has 0 unspecified atom stereocenters. The van der Waals surface area contributed by atoms with Crippen LogP contribution in [0.25, 0.3) is 11.3 Å². The number of anilines is 2. The summed E-state index contributed by atoms with van der Waals surface area (Å²) >= 11 is 1.25. The number of hydrogen-bond donors (Lipinski definition) is 2. The topological polar surface area (TPSA) is 85.1 Å². The molecule has 1 heterocycles. The summed E-state index contributed by atoms with van der Waals surface area (Å²) in [5.74, 6) is 0. The third-order valence-corrected chi connectivity index (χ3v) is 5.14. The maximum Gasteiger partial charge on any atom is 0.236 e. The van der Waals surface area contributed by atoms with E-state index >= 15 is 0 Å². The number of aromatic nitrogens is 1. The van der Waals surface area contributed by atoms with Gasteiger partial charge in [0.05, 0.1) is 10.9 Å². The van der Waals surface area contributed by atoms with Gasteiger partial charge in [-0.15, -0.1) is 11.3 Å². The van der Waals surface area contributed by atoms with Crippen molar-refractivity contribution in [3.8, 4) is 11.3 Å². The van der Waals surface area contributed by atoms with Gasteiger partial charge in [0.15, 0.2) is 5.13 Å². The van der Waals surface area contributed by atoms with Gasteiger partial charge in [0.1, 0.15) is 0 Å². The van der Waals surface area contributed by atoms with Gasteiger partial charge in [-0.1, -0.05) is 12.1 Å². The van der Waals surface area contributed by atoms with Gasteiger partial charge >= 0.3 is 0 Å². The summed E-state index contributed by atoms with van der Waals surface area (Å²) in [6, 6.07) is 7.31. The van der Waals surface area contributed by atoms with E-state index in [1.807, 2.05) is 12.1 Å². The maximum absolute atomic E-state index is 11.7. The second-order valence-electron chi connectivity index (χ2n) is 4.36. The number of nitrogens with zero attached hydrogens (tertiary/aromatic N) is 1. The zero-order valence-corrected chi connectivity index (χ0v) is 12.3. The highest BCUT2D eigenvalue weighted by Crippen LogP contribution is 2.26. The summed E-state index contributed by atoms with van der Waals surface area (Å²) in [4.78, 5) is 4.26. The largest absolute Gasteiger partial charge is 0.399 e. The molecule has 19 heavy (non-hydrogen) atoms. The molecule has 2 aromatic rings. The normalized spacial score (nSPS) is 11.7. The van der Waals surface area contributed by atoms with Crippen molar-refractivity contribution in [3.05, 3.63) is 29.6 Å². The van der Waals surface area contributed by atoms with Gasteiger partial charge < -0.3 is 5.73 Å². The van der Waals surface area contributed by atoms with Crippen LogP contribution >= 0.6 is 11.3 Å². The number of nitrogen functional groups attached to an aromatic ring is 1. The van der Waals surface area contributed by atoms with Gasteiger partial charge in [-0.25, -0.2) is 13.4 Å². The molecule has 102 valence electrons. The Labute approximate surface area is 116 Å². The molecular formula is C12H15N3O2S2. The van der Waals surface area contributed by atoms with Crippen molar-refractivity contribution in [2.24, 2.45) is 0 Å². The predicted molar refractivity (Wildman–Crippen MR) is 79.6 cm³/mol. The Bertz CT molecular complexity index is 678. The van der Waals surface area contributed by atoms with Crippen molar-refractivity contribution in [1.82, 2.24) is 4.98 Å². The highest BCUT2D eigenvalue weighted by atomic mass is 32.2. The Morgan fingerprint density at radius 2 is 2.11 bits per heavy atom. The number of nitrogens with one attached hydrogen (secondary N) is 1. The minimum Gasteiger partial charge on any atom is -0.399 e. The molecule has 5 nitrogen and oxygen atoms in total. The van der Waals surface area contributed by atoms with Crippen molar-refractivity contribution < 1.29 is 8.42 Å². The first-order chi connectivity index (χ1) is 8.88. The van der Waals surface area contributed by atoms with Crippen LogP contribution in [-0.4, -0.2) is 18.7 Å². The van der Waals surface area contributed by atoms with Crippen molar-refractivity contribution in [2.45, 2.75) is 19.1 Å². The molecule has 0 amide bonds. The van der Waals surface area contributed by atoms with E-state index in [-0.39, 0.29) is 0 Å². The minimum absolute atomic E-state index is 0.367. The highest BCUT2D eigenvalue weighted by Gasteiger charge is 2.17. The first-order valence-corrected chi connectivity index (χ1v) is 8.14. The average molecular weight is 297 g/mol. The second kappa shape index (κ2) is 5.18. The van der Waals surface area contributed by atoms with Crippen molar-refractivity contribution >= 4 is 32.2 Å². The van der Waals surface area contributed by atoms with E-state index < -0.39 is 15.3 Å². The fraction of sp³-hybridized carbons (Fsp3) is 0.250. The molecule has 0 fully saturated rings. The second-order valence-corrected chi connectivity index (χ2v) is 7.45. The summed E-state index contributed by atoms with van der Waals surface area (Å²) in [6.07, 6.45) is 0. The van der Waals surface area contributed by atoms with Crippen LogP contribution in [0.15, 0.2) is 29.6 Å². The monoisotopic (exact) mass is 297 g/mol. The average Bonchev–Trinajstić information content (AvgIpc) is 2.76. The Hall–Kier alpha value is -1.60. The quantitative estimate of drug-likeness (QED) is 0.849. The lowest BCUT2D eigenvalue weighted by molar-refractivity contribution is 0.593. The fourth-order valence-corrected chi connectivity index (χ4v) is 3.02. The smallest absolute Gasteiger partial charge is 0.236 e. The molecule has 0 saturated carbocycles. The first-order valence-electron chi connectivity index (χ1n) is 5.71. The Morgan fingerprint density at radius 1 is 1.37 bits per heavy atom. The van der Waals surface area contributed by atoms with Crippen LogP contribution in [0.2, 0.25) is 0 Å². The third-order valence-electron chi connectivity index (χ3n) is 2.54. The molecule has 0 saturated heterocycles. The van der Waals surface area contributed by atoms with Crippen molar-refractivity contribution in [1.29, 1.82) is 0 Å². The van der Waals surface area contributed by atoms with Gasteiger partial charge in [0.2, 0.25) is 10.0 Å². The van der Waals surface area contributed by atoms with Gasteiger partial charge in [-0.2, -0.15) is 0 Å². The van der Waals surface area contributed by atoms with Crippen LogP contribution in [0, 0.1) is 0 Å². The van der Waals surface area contributed by atoms with E-state index in [4.69, 9.17) is 5.73 Å². The van der Waals surface area contributed by atoms with E-state index in [1.54, 1.807) is 31.4 Å². The molecular weight excluding hydrogens is 282 g/mol. The molecule has 0 atom stereocenters. The van der Waals surface area contributed by atoms with Crippen molar-refractivity contribution in [2.75, 3.05) is 10.5 Å². The highest BCUT2D eigenvalue weighted by molar-refractivity contribution is 7.93. The van der Waals surface area contributed by atoms with Crippen LogP contribution in [0.4, 0.5) is 10.8 Å². The summed E-state index contributed by atoms with van der Waals surface area (Å²) in [6.45, 7) is 3.24. The van der Waals surface area contributed by atoms with E-state index in [1.165, 1.54) is 11.3 Å². The zero-order valence-electron chi connectivity index (χ0n) is 10.6. The third kappa shape index (κ3) is 3.24. The Balaban J connectivity index is 2.25. The Morgan fingerprint density at radius 3 is 2.74 bits per heavy atom. The van der Waals surface area contributed by atoms with Gasteiger partial charge in [0.25, 0.3) is 0 Å². The van der Waals surface area contributed by atoms with Crippen molar-refractivity contribution in [3.63, 3.8) is 0 Å². The number of rotatable bonds is 4. The molecule has 0 radical (unpaired) electrons. The van der Waals surface area contributed by atoms with E-state index in [9.17, 15) is 8.42 Å². The maximum atomic E-state index is 11.7. The molecule has 1 aromatic heterocycles. The van der Waals surface area contributed by atoms with Gasteiger partial charge in [-0.05, 0) is 26.0 Å². The van der Waals surface area contributed by atoms with Crippen LogP contribution in [0.5, 0.6) is 0 Å². The van der Waals surface area contributed by atoms with Crippen LogP contribution in [0.1, 0.15) is 13.8 Å². The summed E-state index contributed by atoms with van der Waals surface area (Å²) in [5, 5.41) is 1.67. The molecule has 0 spiro atoms. The van der Waals surface area contributed by atoms with Gasteiger partial charge in [-0.3, -0.25) is 4.72 Å². The number of thiazole rings is 1. The summed E-state index contributed by atoms with van der Waals surface area (Å²) < 4.78 is 25.9. The van der Waals surface area contributed by atoms with Gasteiger partial charge in [0, 0.05) is 16.6 Å². The summed E-state index contributed by atoms with van der Waals surface area (Å²) in [7, 11) is -3.36. The molecule has 0 aliphatic carbocycles. The lowest BCUT2D eigenvalue weighted by atomic mass is 10.1. The molecule has 3 N–H and O–H groups in total. The predicted octanol–water partition coefficient (Wildman–Crippen LogP) is 2.54. The molecule has 0 bridgehead atoms. The molecule has 0 aliphatic heterocycles. The van der Waals surface area contributed by atoms with Crippen LogP contribution in [0.3, 0.4) is 0 Å². The van der Waals surface area contributed by atoms with E-state index in [0.717, 1.165) is 5.56 Å². The minimum atomic E-state index is -3.36. The number of hydrogen-bond acceptors (Lipinski definition) is 5. The molecule has 2 rings (SSSR count). The summed E-state index contributed by atoms with van der Waals surface area (Å²) in [5.41, 5.74) is 7.93. The molecule has 7 heteroatoms. The molecule has 1 aromatic carbocycles. The van der Waals surface area contributed by atoms with Crippen LogP contribution in [-0.2, 0) is 10.0 Å². The first kappa shape index (κ1) is 13.8. The number of sulfonamides is 1. The number of benzene rings is 1. The van der Waals surface area contributed by atoms with Crippen LogP contribution < -0.4 is 10.5 Å². The lowest BCUT2D eigenvalue weighted by Gasteiger charge is -2.07. The van der Waals surface area contributed by atoms with E-state index in [0.29, 0.717) is 16.5 Å². The SMILES string of the molecule is CC(C)S(=O)(=O)Nc1nc(-c2cccc(N)c2)cs1. The Kier molecular flexibility index (Phi) is 3.77.